The number of amides is 1. The van der Waals surface area contributed by atoms with Crippen LogP contribution in [0.1, 0.15) is 24.2 Å². The summed E-state index contributed by atoms with van der Waals surface area (Å²) in [5, 5.41) is 9.52. The predicted octanol–water partition coefficient (Wildman–Crippen LogP) is 0.342. The van der Waals surface area contributed by atoms with Gasteiger partial charge in [0.05, 0.1) is 17.7 Å². The van der Waals surface area contributed by atoms with Gasteiger partial charge in [0, 0.05) is 24.7 Å². The van der Waals surface area contributed by atoms with Crippen molar-refractivity contribution in [2.75, 3.05) is 19.7 Å². The summed E-state index contributed by atoms with van der Waals surface area (Å²) in [6.07, 6.45) is 1.47. The van der Waals surface area contributed by atoms with Crippen molar-refractivity contribution in [1.29, 1.82) is 0 Å². The minimum atomic E-state index is -0.343. The molecule has 2 aromatic rings. The quantitative estimate of drug-likeness (QED) is 0.742. The summed E-state index contributed by atoms with van der Waals surface area (Å²) >= 11 is 0. The summed E-state index contributed by atoms with van der Waals surface area (Å²) < 4.78 is 0. The van der Waals surface area contributed by atoms with Gasteiger partial charge >= 0.3 is 5.69 Å². The highest BCUT2D eigenvalue weighted by molar-refractivity contribution is 5.96. The van der Waals surface area contributed by atoms with Crippen LogP contribution in [-0.2, 0) is 0 Å². The second kappa shape index (κ2) is 4.70. The molecule has 7 nitrogen and oxygen atoms in total. The van der Waals surface area contributed by atoms with E-state index in [0.29, 0.717) is 29.8 Å². The Hall–Kier alpha value is -2.15. The van der Waals surface area contributed by atoms with Crippen LogP contribution in [0.4, 0.5) is 0 Å². The molecule has 0 aliphatic carbocycles. The average molecular weight is 290 g/mol. The van der Waals surface area contributed by atoms with E-state index in [2.05, 4.69) is 15.0 Å². The van der Waals surface area contributed by atoms with Gasteiger partial charge in [-0.15, -0.1) is 0 Å². The lowest BCUT2D eigenvalue weighted by Crippen LogP contribution is -2.33. The lowest BCUT2D eigenvalue weighted by molar-refractivity contribution is 0.0749. The Morgan fingerprint density at radius 3 is 3.00 bits per heavy atom. The molecule has 0 bridgehead atoms. The number of nitrogens with one attached hydrogen (secondary N) is 2. The second-order valence-corrected chi connectivity index (χ2v) is 6.10. The molecule has 3 heterocycles. The molecule has 1 amide bonds. The third-order valence-electron chi connectivity index (χ3n) is 4.50. The Morgan fingerprint density at radius 1 is 1.57 bits per heavy atom. The molecule has 21 heavy (non-hydrogen) atoms. The number of aliphatic hydroxyl groups excluding tert-OH is 1. The van der Waals surface area contributed by atoms with Gasteiger partial charge in [-0.05, 0) is 12.0 Å². The Kier molecular flexibility index (Phi) is 3.09. The minimum absolute atomic E-state index is 0.0559. The van der Waals surface area contributed by atoms with Gasteiger partial charge in [0.2, 0.25) is 0 Å². The molecule has 0 aromatic carbocycles. The lowest BCUT2D eigenvalue weighted by Gasteiger charge is -2.25. The number of aromatic nitrogens is 3. The van der Waals surface area contributed by atoms with Crippen LogP contribution in [0.15, 0.2) is 17.1 Å². The molecule has 1 saturated heterocycles. The molecule has 1 fully saturated rings. The predicted molar refractivity (Wildman–Crippen MR) is 77.0 cm³/mol. The maximum atomic E-state index is 12.5. The van der Waals surface area contributed by atoms with Crippen molar-refractivity contribution >= 4 is 17.1 Å². The molecular formula is C14H18N4O3. The van der Waals surface area contributed by atoms with Crippen LogP contribution >= 0.6 is 0 Å². The average Bonchev–Trinajstić information content (AvgIpc) is 2.97. The molecule has 1 aliphatic rings. The zero-order valence-corrected chi connectivity index (χ0v) is 12.0. The molecule has 2 aromatic heterocycles. The number of pyridine rings is 1. The number of likely N-dealkylation sites (tertiary alicyclic amines) is 1. The molecule has 0 saturated carbocycles. The number of nitrogens with zero attached hydrogens (tertiary/aromatic N) is 2. The van der Waals surface area contributed by atoms with Crippen molar-refractivity contribution in [2.45, 2.75) is 13.8 Å². The standard InChI is InChI=1S/C14H18N4O3/c1-8-5-18(6-14(8,2)7-19)12(20)9-3-10-11(15-4-9)17-13(21)16-10/h3-4,8,19H,5-7H2,1-2H3,(H2,15,16,17,21). The van der Waals surface area contributed by atoms with Crippen LogP contribution in [0.5, 0.6) is 0 Å². The van der Waals surface area contributed by atoms with Crippen LogP contribution in [0, 0.1) is 11.3 Å². The van der Waals surface area contributed by atoms with E-state index in [1.165, 1.54) is 6.20 Å². The van der Waals surface area contributed by atoms with E-state index in [1.807, 2.05) is 13.8 Å². The third kappa shape index (κ3) is 2.23. The van der Waals surface area contributed by atoms with Crippen LogP contribution < -0.4 is 5.69 Å². The maximum Gasteiger partial charge on any atom is 0.325 e. The van der Waals surface area contributed by atoms with Gasteiger partial charge in [-0.2, -0.15) is 0 Å². The van der Waals surface area contributed by atoms with Crippen LogP contribution in [0.25, 0.3) is 11.2 Å². The maximum absolute atomic E-state index is 12.5. The van der Waals surface area contributed by atoms with Gasteiger partial charge in [-0.1, -0.05) is 13.8 Å². The van der Waals surface area contributed by atoms with E-state index < -0.39 is 0 Å². The summed E-state index contributed by atoms with van der Waals surface area (Å²) in [4.78, 5) is 34.7. The van der Waals surface area contributed by atoms with E-state index in [-0.39, 0.29) is 29.5 Å². The van der Waals surface area contributed by atoms with Crippen molar-refractivity contribution in [3.05, 3.63) is 28.3 Å². The Labute approximate surface area is 121 Å². The largest absolute Gasteiger partial charge is 0.396 e. The highest BCUT2D eigenvalue weighted by Gasteiger charge is 2.41. The number of aliphatic hydroxyl groups is 1. The Bertz CT molecular complexity index is 750. The molecule has 2 unspecified atom stereocenters. The number of carbonyl (C=O) groups is 1. The minimum Gasteiger partial charge on any atom is -0.396 e. The molecule has 0 spiro atoms. The van der Waals surface area contributed by atoms with Gasteiger partial charge in [-0.25, -0.2) is 9.78 Å². The van der Waals surface area contributed by atoms with E-state index in [4.69, 9.17) is 0 Å². The van der Waals surface area contributed by atoms with Gasteiger partial charge < -0.3 is 15.0 Å². The van der Waals surface area contributed by atoms with Crippen LogP contribution in [-0.4, -0.2) is 50.6 Å². The van der Waals surface area contributed by atoms with E-state index >= 15 is 0 Å². The van der Waals surface area contributed by atoms with E-state index in [0.717, 1.165) is 0 Å². The fourth-order valence-electron chi connectivity index (χ4n) is 2.79. The monoisotopic (exact) mass is 290 g/mol. The summed E-state index contributed by atoms with van der Waals surface area (Å²) in [6, 6.07) is 1.63. The Morgan fingerprint density at radius 2 is 2.33 bits per heavy atom. The molecule has 1 aliphatic heterocycles. The first-order valence-corrected chi connectivity index (χ1v) is 6.91. The van der Waals surface area contributed by atoms with E-state index in [9.17, 15) is 14.7 Å². The molecule has 7 heteroatoms. The Balaban J connectivity index is 1.89. The third-order valence-corrected chi connectivity index (χ3v) is 4.50. The number of carbonyl (C=O) groups excluding carboxylic acids is 1. The fourth-order valence-corrected chi connectivity index (χ4v) is 2.79. The normalized spacial score (nSPS) is 25.7. The zero-order chi connectivity index (χ0) is 15.2. The molecule has 2 atom stereocenters. The van der Waals surface area contributed by atoms with Gasteiger partial charge in [0.1, 0.15) is 0 Å². The summed E-state index contributed by atoms with van der Waals surface area (Å²) in [5.41, 5.74) is 0.779. The molecule has 112 valence electrons. The van der Waals surface area contributed by atoms with E-state index in [1.54, 1.807) is 11.0 Å². The van der Waals surface area contributed by atoms with Gasteiger partial charge in [0.25, 0.3) is 5.91 Å². The highest BCUT2D eigenvalue weighted by atomic mass is 16.3. The van der Waals surface area contributed by atoms with Crippen LogP contribution in [0.3, 0.4) is 0 Å². The molecule has 3 N–H and O–H groups in total. The molecular weight excluding hydrogens is 272 g/mol. The summed E-state index contributed by atoms with van der Waals surface area (Å²) in [5.74, 6) is 0.102. The lowest BCUT2D eigenvalue weighted by atomic mass is 9.82. The van der Waals surface area contributed by atoms with Crippen molar-refractivity contribution in [3.8, 4) is 0 Å². The smallest absolute Gasteiger partial charge is 0.325 e. The highest BCUT2D eigenvalue weighted by Crippen LogP contribution is 2.35. The summed E-state index contributed by atoms with van der Waals surface area (Å²) in [6.45, 7) is 5.20. The molecule has 0 radical (unpaired) electrons. The van der Waals surface area contributed by atoms with Crippen molar-refractivity contribution < 1.29 is 9.90 Å². The summed E-state index contributed by atoms with van der Waals surface area (Å²) in [7, 11) is 0. The van der Waals surface area contributed by atoms with Crippen molar-refractivity contribution in [2.24, 2.45) is 11.3 Å². The fraction of sp³-hybridized carbons (Fsp3) is 0.500. The van der Waals surface area contributed by atoms with Crippen molar-refractivity contribution in [3.63, 3.8) is 0 Å². The molecule has 3 rings (SSSR count). The number of H-pyrrole nitrogens is 2. The number of hydrogen-bond acceptors (Lipinski definition) is 4. The number of aromatic amines is 2. The number of hydrogen-bond donors (Lipinski definition) is 3. The second-order valence-electron chi connectivity index (χ2n) is 6.10. The first kappa shape index (κ1) is 13.8. The first-order valence-electron chi connectivity index (χ1n) is 6.91. The van der Waals surface area contributed by atoms with Gasteiger partial charge in [-0.3, -0.25) is 9.78 Å². The van der Waals surface area contributed by atoms with Crippen LogP contribution in [0.2, 0.25) is 0 Å². The number of rotatable bonds is 2. The van der Waals surface area contributed by atoms with Gasteiger partial charge in [0.15, 0.2) is 5.65 Å². The zero-order valence-electron chi connectivity index (χ0n) is 12.0. The van der Waals surface area contributed by atoms with Crippen molar-refractivity contribution in [1.82, 2.24) is 19.9 Å². The number of imidazole rings is 1. The first-order chi connectivity index (χ1) is 9.93. The topological polar surface area (TPSA) is 102 Å². The SMILES string of the molecule is CC1CN(C(=O)c2cnc3[nH]c(=O)[nH]c3c2)CC1(C)CO. The number of fused-ring (bicyclic) bond motifs is 1.